The first-order valence-corrected chi connectivity index (χ1v) is 8.21. The van der Waals surface area contributed by atoms with Crippen LogP contribution in [0.3, 0.4) is 0 Å². The SMILES string of the molecule is O=C(C1CCSC1)C1C2CCc3ccccc3C21. The number of carbonyl (C=O) groups is 1. The summed E-state index contributed by atoms with van der Waals surface area (Å²) in [6.45, 7) is 0. The summed E-state index contributed by atoms with van der Waals surface area (Å²) >= 11 is 1.95. The summed E-state index contributed by atoms with van der Waals surface area (Å²) in [5.74, 6) is 4.86. The maximum atomic E-state index is 12.6. The number of hydrogen-bond acceptors (Lipinski definition) is 2. The second kappa shape index (κ2) is 4.12. The number of fused-ring (bicyclic) bond motifs is 3. The molecule has 0 bridgehead atoms. The highest BCUT2D eigenvalue weighted by Crippen LogP contribution is 2.61. The second-order valence-electron chi connectivity index (χ2n) is 5.92. The molecule has 2 fully saturated rings. The van der Waals surface area contributed by atoms with Crippen LogP contribution in [0.4, 0.5) is 0 Å². The first-order valence-electron chi connectivity index (χ1n) is 7.05. The fourth-order valence-corrected chi connectivity index (χ4v) is 5.22. The van der Waals surface area contributed by atoms with E-state index in [1.165, 1.54) is 29.7 Å². The van der Waals surface area contributed by atoms with Crippen LogP contribution < -0.4 is 0 Å². The summed E-state index contributed by atoms with van der Waals surface area (Å²) in [5, 5.41) is 0. The first kappa shape index (κ1) is 11.1. The van der Waals surface area contributed by atoms with E-state index >= 15 is 0 Å². The van der Waals surface area contributed by atoms with E-state index in [9.17, 15) is 4.79 Å². The van der Waals surface area contributed by atoms with Gasteiger partial charge in [-0.15, -0.1) is 0 Å². The summed E-state index contributed by atoms with van der Waals surface area (Å²) in [6, 6.07) is 8.76. The number of benzene rings is 1. The zero-order chi connectivity index (χ0) is 12.1. The summed E-state index contributed by atoms with van der Waals surface area (Å²) in [5.41, 5.74) is 2.98. The molecule has 0 N–H and O–H groups in total. The van der Waals surface area contributed by atoms with Crippen molar-refractivity contribution < 1.29 is 4.79 Å². The van der Waals surface area contributed by atoms with E-state index in [-0.39, 0.29) is 0 Å². The van der Waals surface area contributed by atoms with Gasteiger partial charge in [-0.05, 0) is 48.0 Å². The van der Waals surface area contributed by atoms with Crippen LogP contribution in [0.5, 0.6) is 0 Å². The molecule has 2 aliphatic carbocycles. The third kappa shape index (κ3) is 1.58. The Morgan fingerprint density at radius 1 is 1.22 bits per heavy atom. The van der Waals surface area contributed by atoms with Crippen molar-refractivity contribution in [1.29, 1.82) is 0 Å². The van der Waals surface area contributed by atoms with Crippen LogP contribution in [0.1, 0.15) is 29.9 Å². The smallest absolute Gasteiger partial charge is 0.140 e. The van der Waals surface area contributed by atoms with Gasteiger partial charge in [0, 0.05) is 17.6 Å². The molecule has 1 heterocycles. The summed E-state index contributed by atoms with van der Waals surface area (Å²) in [7, 11) is 0. The molecule has 2 heteroatoms. The highest BCUT2D eigenvalue weighted by atomic mass is 32.2. The van der Waals surface area contributed by atoms with Crippen LogP contribution in [0.15, 0.2) is 24.3 Å². The maximum absolute atomic E-state index is 12.6. The molecular weight excluding hydrogens is 240 g/mol. The Labute approximate surface area is 112 Å². The predicted molar refractivity (Wildman–Crippen MR) is 74.9 cm³/mol. The van der Waals surface area contributed by atoms with Gasteiger partial charge in [0.25, 0.3) is 0 Å². The second-order valence-corrected chi connectivity index (χ2v) is 7.07. The number of rotatable bonds is 2. The lowest BCUT2D eigenvalue weighted by atomic mass is 9.92. The molecule has 0 spiro atoms. The minimum atomic E-state index is 0.373. The fraction of sp³-hybridized carbons (Fsp3) is 0.562. The number of Topliss-reactive ketones (excluding diaryl/α,β-unsaturated/α-hetero) is 1. The van der Waals surface area contributed by atoms with Gasteiger partial charge < -0.3 is 0 Å². The number of aryl methyl sites for hydroxylation is 1. The Morgan fingerprint density at radius 3 is 2.94 bits per heavy atom. The average Bonchev–Trinajstić information content (AvgIpc) is 2.89. The number of ketones is 1. The van der Waals surface area contributed by atoms with Crippen LogP contribution in [-0.2, 0) is 11.2 Å². The van der Waals surface area contributed by atoms with Crippen LogP contribution >= 0.6 is 11.8 Å². The maximum Gasteiger partial charge on any atom is 0.140 e. The quantitative estimate of drug-likeness (QED) is 0.809. The normalized spacial score (nSPS) is 36.9. The van der Waals surface area contributed by atoms with Gasteiger partial charge in [-0.25, -0.2) is 0 Å². The van der Waals surface area contributed by atoms with Gasteiger partial charge in [0.2, 0.25) is 0 Å². The Hall–Kier alpha value is -0.760. The van der Waals surface area contributed by atoms with Crippen LogP contribution in [-0.4, -0.2) is 17.3 Å². The third-order valence-corrected chi connectivity index (χ3v) is 6.15. The highest BCUT2D eigenvalue weighted by Gasteiger charge is 2.57. The van der Waals surface area contributed by atoms with E-state index in [0.717, 1.165) is 12.2 Å². The summed E-state index contributed by atoms with van der Waals surface area (Å²) < 4.78 is 0. The predicted octanol–water partition coefficient (Wildman–Crippen LogP) is 3.28. The number of thioether (sulfide) groups is 1. The highest BCUT2D eigenvalue weighted by molar-refractivity contribution is 7.99. The molecule has 1 aliphatic heterocycles. The molecular formula is C16H18OS. The molecule has 4 rings (SSSR count). The van der Waals surface area contributed by atoms with Crippen molar-refractivity contribution in [3.63, 3.8) is 0 Å². The van der Waals surface area contributed by atoms with Gasteiger partial charge >= 0.3 is 0 Å². The van der Waals surface area contributed by atoms with Crippen molar-refractivity contribution in [2.24, 2.45) is 17.8 Å². The van der Waals surface area contributed by atoms with E-state index in [2.05, 4.69) is 24.3 Å². The van der Waals surface area contributed by atoms with Gasteiger partial charge in [0.05, 0.1) is 0 Å². The molecule has 1 nitrogen and oxygen atoms in total. The van der Waals surface area contributed by atoms with Crippen molar-refractivity contribution in [1.82, 2.24) is 0 Å². The van der Waals surface area contributed by atoms with Crippen molar-refractivity contribution in [3.05, 3.63) is 35.4 Å². The molecule has 18 heavy (non-hydrogen) atoms. The molecule has 3 aliphatic rings. The molecule has 1 aromatic rings. The molecule has 1 saturated heterocycles. The molecule has 4 atom stereocenters. The zero-order valence-corrected chi connectivity index (χ0v) is 11.3. The van der Waals surface area contributed by atoms with E-state index in [4.69, 9.17) is 0 Å². The lowest BCUT2D eigenvalue weighted by Gasteiger charge is -2.13. The Morgan fingerprint density at radius 2 is 2.11 bits per heavy atom. The van der Waals surface area contributed by atoms with E-state index < -0.39 is 0 Å². The first-order chi connectivity index (χ1) is 8.86. The van der Waals surface area contributed by atoms with Crippen LogP contribution in [0.25, 0.3) is 0 Å². The van der Waals surface area contributed by atoms with E-state index in [0.29, 0.717) is 29.5 Å². The fourth-order valence-electron chi connectivity index (χ4n) is 3.99. The number of hydrogen-bond donors (Lipinski definition) is 0. The minimum absolute atomic E-state index is 0.373. The topological polar surface area (TPSA) is 17.1 Å². The molecule has 94 valence electrons. The largest absolute Gasteiger partial charge is 0.299 e. The van der Waals surface area contributed by atoms with E-state index in [1.807, 2.05) is 11.8 Å². The Balaban J connectivity index is 1.59. The van der Waals surface area contributed by atoms with Gasteiger partial charge in [0.15, 0.2) is 0 Å². The molecule has 1 aromatic carbocycles. The van der Waals surface area contributed by atoms with Crippen LogP contribution in [0.2, 0.25) is 0 Å². The average molecular weight is 258 g/mol. The van der Waals surface area contributed by atoms with Gasteiger partial charge in [-0.3, -0.25) is 4.79 Å². The zero-order valence-electron chi connectivity index (χ0n) is 10.5. The Bertz CT molecular complexity index is 490. The molecule has 1 saturated carbocycles. The van der Waals surface area contributed by atoms with Crippen molar-refractivity contribution >= 4 is 17.5 Å². The number of carbonyl (C=O) groups excluding carboxylic acids is 1. The standard InChI is InChI=1S/C16H18OS/c17-16(11-7-8-18-9-11)15-13-6-5-10-3-1-2-4-12(10)14(13)15/h1-4,11,13-15H,5-9H2. The van der Waals surface area contributed by atoms with Crippen molar-refractivity contribution in [2.75, 3.05) is 11.5 Å². The molecule has 0 aromatic heterocycles. The summed E-state index contributed by atoms with van der Waals surface area (Å²) in [4.78, 5) is 12.6. The van der Waals surface area contributed by atoms with Gasteiger partial charge in [-0.1, -0.05) is 24.3 Å². The minimum Gasteiger partial charge on any atom is -0.299 e. The Kier molecular flexibility index (Phi) is 2.54. The monoisotopic (exact) mass is 258 g/mol. The van der Waals surface area contributed by atoms with Crippen LogP contribution in [0, 0.1) is 17.8 Å². The van der Waals surface area contributed by atoms with Crippen molar-refractivity contribution in [2.45, 2.75) is 25.2 Å². The lowest BCUT2D eigenvalue weighted by molar-refractivity contribution is -0.123. The van der Waals surface area contributed by atoms with Crippen molar-refractivity contribution in [3.8, 4) is 0 Å². The van der Waals surface area contributed by atoms with Gasteiger partial charge in [-0.2, -0.15) is 11.8 Å². The van der Waals surface area contributed by atoms with E-state index in [1.54, 1.807) is 0 Å². The molecule has 0 radical (unpaired) electrons. The molecule has 4 unspecified atom stereocenters. The summed E-state index contributed by atoms with van der Waals surface area (Å²) in [6.07, 6.45) is 3.54. The lowest BCUT2D eigenvalue weighted by Crippen LogP contribution is -2.16. The molecule has 0 amide bonds. The third-order valence-electron chi connectivity index (χ3n) is 4.99. The van der Waals surface area contributed by atoms with Gasteiger partial charge in [0.1, 0.15) is 5.78 Å².